The fraction of sp³-hybridized carbons (Fsp3) is 0.838. The number of esters is 2. The van der Waals surface area contributed by atoms with Crippen LogP contribution in [-0.4, -0.2) is 66.1 Å². The van der Waals surface area contributed by atoms with Gasteiger partial charge in [0, 0.05) is 11.8 Å². The Hall–Kier alpha value is -1.74. The fourth-order valence-electron chi connectivity index (χ4n) is 11.8. The predicted molar refractivity (Wildman–Crippen MR) is 164 cm³/mol. The van der Waals surface area contributed by atoms with Crippen molar-refractivity contribution in [1.82, 2.24) is 0 Å². The first kappa shape index (κ1) is 30.6. The quantitative estimate of drug-likeness (QED) is 0.305. The van der Waals surface area contributed by atoms with E-state index in [0.717, 1.165) is 48.7 Å². The number of hydrogen-bond donors (Lipinski definition) is 2. The summed E-state index contributed by atoms with van der Waals surface area (Å²) in [7, 11) is 0. The van der Waals surface area contributed by atoms with Crippen molar-refractivity contribution in [2.75, 3.05) is 26.4 Å². The van der Waals surface area contributed by atoms with Crippen LogP contribution in [0.25, 0.3) is 0 Å². The summed E-state index contributed by atoms with van der Waals surface area (Å²) in [6.07, 6.45) is 14.5. The summed E-state index contributed by atoms with van der Waals surface area (Å²) >= 11 is 0. The highest BCUT2D eigenvalue weighted by Gasteiger charge is 2.62. The first-order valence-corrected chi connectivity index (χ1v) is 17.9. The molecule has 0 aromatic rings. The molecule has 1 heterocycles. The molecule has 9 aliphatic rings. The topological polar surface area (TPSA) is 112 Å². The van der Waals surface area contributed by atoms with Gasteiger partial charge in [-0.2, -0.15) is 0 Å². The average molecular weight is 625 g/mol. The maximum Gasteiger partial charge on any atom is 0.312 e. The van der Waals surface area contributed by atoms with Crippen molar-refractivity contribution < 1.29 is 38.7 Å². The van der Waals surface area contributed by atoms with Crippen LogP contribution >= 0.6 is 0 Å². The molecule has 0 amide bonds. The van der Waals surface area contributed by atoms with Gasteiger partial charge in [0.2, 0.25) is 0 Å². The van der Waals surface area contributed by atoms with E-state index in [2.05, 4.69) is 26.0 Å². The molecule has 6 unspecified atom stereocenters. The summed E-state index contributed by atoms with van der Waals surface area (Å²) in [5, 5.41) is 21.8. The van der Waals surface area contributed by atoms with Crippen molar-refractivity contribution in [2.24, 2.45) is 52.3 Å². The molecule has 1 spiro atoms. The fourth-order valence-corrected chi connectivity index (χ4v) is 11.8. The normalized spacial score (nSPS) is 49.7. The van der Waals surface area contributed by atoms with Gasteiger partial charge in [-0.05, 0) is 107 Å². The van der Waals surface area contributed by atoms with Crippen LogP contribution in [0.2, 0.25) is 0 Å². The number of carbonyl (C=O) groups is 2. The lowest BCUT2D eigenvalue weighted by Gasteiger charge is -2.62. The number of aliphatic hydroxyl groups is 2. The van der Waals surface area contributed by atoms with Gasteiger partial charge in [-0.1, -0.05) is 37.1 Å². The second kappa shape index (κ2) is 10.9. The Balaban J connectivity index is 0.987. The Labute approximate surface area is 267 Å². The molecule has 248 valence electrons. The predicted octanol–water partition coefficient (Wildman–Crippen LogP) is 5.25. The van der Waals surface area contributed by atoms with E-state index in [0.29, 0.717) is 82.3 Å². The molecule has 6 saturated carbocycles. The lowest BCUT2D eigenvalue weighted by atomic mass is 9.53. The van der Waals surface area contributed by atoms with Crippen LogP contribution in [0.15, 0.2) is 23.3 Å². The molecule has 45 heavy (non-hydrogen) atoms. The van der Waals surface area contributed by atoms with Gasteiger partial charge in [0.15, 0.2) is 5.79 Å². The SMILES string of the molecule is CC1C=C2CC(C(=O)OCC3(COC(=O)C45CC(=CC(C)C4)CC(O)C5)COC4(OC3)C3CC5CC(C3)CC4C5)CC(O)(C2)C1. The van der Waals surface area contributed by atoms with Gasteiger partial charge in [-0.3, -0.25) is 9.59 Å². The maximum atomic E-state index is 13.9. The minimum atomic E-state index is -0.851. The summed E-state index contributed by atoms with van der Waals surface area (Å²) < 4.78 is 25.9. The molecule has 8 heteroatoms. The molecule has 2 N–H and O–H groups in total. The Morgan fingerprint density at radius 1 is 0.822 bits per heavy atom. The molecule has 6 atom stereocenters. The third-order valence-corrected chi connectivity index (χ3v) is 13.1. The van der Waals surface area contributed by atoms with Crippen molar-refractivity contribution in [2.45, 2.75) is 115 Å². The molecule has 0 aromatic heterocycles. The zero-order chi connectivity index (χ0) is 31.2. The van der Waals surface area contributed by atoms with Crippen molar-refractivity contribution in [1.29, 1.82) is 0 Å². The molecule has 8 aliphatic carbocycles. The summed E-state index contributed by atoms with van der Waals surface area (Å²) in [4.78, 5) is 27.4. The zero-order valence-electron chi connectivity index (χ0n) is 27.1. The molecule has 9 rings (SSSR count). The van der Waals surface area contributed by atoms with E-state index in [4.69, 9.17) is 18.9 Å². The molecular formula is C37H52O8. The van der Waals surface area contributed by atoms with E-state index in [1.165, 1.54) is 6.42 Å². The first-order valence-electron chi connectivity index (χ1n) is 17.9. The Kier molecular flexibility index (Phi) is 7.40. The van der Waals surface area contributed by atoms with Crippen LogP contribution in [-0.2, 0) is 28.5 Å². The molecule has 7 fully saturated rings. The van der Waals surface area contributed by atoms with Gasteiger partial charge in [0.05, 0.1) is 41.7 Å². The Bertz CT molecular complexity index is 1250. The molecule has 8 nitrogen and oxygen atoms in total. The van der Waals surface area contributed by atoms with Crippen LogP contribution < -0.4 is 0 Å². The zero-order valence-corrected chi connectivity index (χ0v) is 27.1. The summed E-state index contributed by atoms with van der Waals surface area (Å²) in [6.45, 7) is 4.94. The third-order valence-electron chi connectivity index (χ3n) is 13.1. The standard InChI is InChI=1S/C37H52O8/c1-22-3-27-11-31(38)17-35(12-22,14-27)33(40)43-19-34(18-42-32(39)28-6-26-4-23(2)13-36(41,15-26)16-28)20-44-37(45-21-34)29-7-24-5-25(9-29)10-30(37)8-24/h3-4,22-25,28-31,38,41H,5-21H2,1-2H3. The van der Waals surface area contributed by atoms with Crippen LogP contribution in [0.3, 0.4) is 0 Å². The van der Waals surface area contributed by atoms with E-state index >= 15 is 0 Å². The second-order valence-corrected chi connectivity index (χ2v) is 17.3. The lowest BCUT2D eigenvalue weighted by molar-refractivity contribution is -0.385. The smallest absolute Gasteiger partial charge is 0.312 e. The van der Waals surface area contributed by atoms with Crippen molar-refractivity contribution >= 4 is 11.9 Å². The first-order chi connectivity index (χ1) is 21.4. The summed E-state index contributed by atoms with van der Waals surface area (Å²) in [6, 6.07) is 0. The minimum Gasteiger partial charge on any atom is -0.465 e. The third kappa shape index (κ3) is 5.44. The number of allylic oxidation sites excluding steroid dienone is 2. The monoisotopic (exact) mass is 624 g/mol. The molecule has 0 aromatic carbocycles. The van der Waals surface area contributed by atoms with Crippen molar-refractivity contribution in [3.05, 3.63) is 23.3 Å². The Morgan fingerprint density at radius 3 is 2.11 bits per heavy atom. The van der Waals surface area contributed by atoms with Gasteiger partial charge in [-0.25, -0.2) is 0 Å². The van der Waals surface area contributed by atoms with Crippen LogP contribution in [0.4, 0.5) is 0 Å². The van der Waals surface area contributed by atoms with Gasteiger partial charge >= 0.3 is 11.9 Å². The van der Waals surface area contributed by atoms with Crippen LogP contribution in [0, 0.1) is 52.3 Å². The molecular weight excluding hydrogens is 572 g/mol. The van der Waals surface area contributed by atoms with E-state index < -0.39 is 28.3 Å². The minimum absolute atomic E-state index is 0.0390. The van der Waals surface area contributed by atoms with E-state index in [1.807, 2.05) is 0 Å². The second-order valence-electron chi connectivity index (χ2n) is 17.3. The van der Waals surface area contributed by atoms with Crippen molar-refractivity contribution in [3.8, 4) is 0 Å². The van der Waals surface area contributed by atoms with Crippen LogP contribution in [0.1, 0.15) is 97.3 Å². The van der Waals surface area contributed by atoms with Gasteiger partial charge in [0.25, 0.3) is 0 Å². The number of aliphatic hydroxyl groups excluding tert-OH is 1. The summed E-state index contributed by atoms with van der Waals surface area (Å²) in [5.74, 6) is 1.37. The summed E-state index contributed by atoms with van der Waals surface area (Å²) in [5.41, 5.74) is -0.104. The molecule has 1 saturated heterocycles. The largest absolute Gasteiger partial charge is 0.465 e. The van der Waals surface area contributed by atoms with Gasteiger partial charge in [-0.15, -0.1) is 0 Å². The highest BCUT2D eigenvalue weighted by Crippen LogP contribution is 2.61. The van der Waals surface area contributed by atoms with Gasteiger partial charge in [0.1, 0.15) is 13.2 Å². The lowest BCUT2D eigenvalue weighted by Crippen LogP contribution is -2.65. The highest BCUT2D eigenvalue weighted by molar-refractivity contribution is 5.78. The van der Waals surface area contributed by atoms with E-state index in [1.54, 1.807) is 0 Å². The Morgan fingerprint density at radius 2 is 1.44 bits per heavy atom. The molecule has 1 aliphatic heterocycles. The van der Waals surface area contributed by atoms with Crippen molar-refractivity contribution in [3.63, 3.8) is 0 Å². The molecule has 8 bridgehead atoms. The highest BCUT2D eigenvalue weighted by atomic mass is 16.7. The number of carbonyl (C=O) groups excluding carboxylic acids is 2. The van der Waals surface area contributed by atoms with Gasteiger partial charge < -0.3 is 29.2 Å². The average Bonchev–Trinajstić information content (AvgIpc) is 2.96. The number of ether oxygens (including phenoxy) is 4. The number of rotatable bonds is 6. The van der Waals surface area contributed by atoms with Crippen LogP contribution in [0.5, 0.6) is 0 Å². The maximum absolute atomic E-state index is 13.9. The molecule has 0 radical (unpaired) electrons. The van der Waals surface area contributed by atoms with E-state index in [9.17, 15) is 19.8 Å². The number of fused-ring (bicyclic) bond motifs is 4. The number of hydrogen-bond acceptors (Lipinski definition) is 8. The van der Waals surface area contributed by atoms with E-state index in [-0.39, 0.29) is 37.0 Å².